The molecule has 2 aromatic carbocycles. The molecule has 0 saturated carbocycles. The topological polar surface area (TPSA) is 66.5 Å². The maximum absolute atomic E-state index is 13.9. The first kappa shape index (κ1) is 21.1. The van der Waals surface area contributed by atoms with Crippen molar-refractivity contribution >= 4 is 15.9 Å². The fourth-order valence-corrected chi connectivity index (χ4v) is 3.67. The lowest BCUT2D eigenvalue weighted by atomic mass is 10.0. The number of carbonyl (C=O) groups excluding carboxylic acids is 1. The largest absolute Gasteiger partial charge is 0.348 e. The third-order valence-electron chi connectivity index (χ3n) is 4.36. The van der Waals surface area contributed by atoms with E-state index in [9.17, 15) is 17.6 Å². The molecule has 1 N–H and O–H groups in total. The quantitative estimate of drug-likeness (QED) is 0.787. The summed E-state index contributed by atoms with van der Waals surface area (Å²) >= 11 is 0. The van der Waals surface area contributed by atoms with Crippen LogP contribution in [0.25, 0.3) is 0 Å². The van der Waals surface area contributed by atoms with E-state index in [1.165, 1.54) is 18.2 Å². The predicted octanol–water partition coefficient (Wildman–Crippen LogP) is 3.08. The Bertz CT molecular complexity index is 929. The third kappa shape index (κ3) is 5.87. The van der Waals surface area contributed by atoms with E-state index in [0.29, 0.717) is 0 Å². The Morgan fingerprint density at radius 2 is 1.85 bits per heavy atom. The number of nitrogens with zero attached hydrogens (tertiary/aromatic N) is 1. The molecule has 0 heterocycles. The Balaban J connectivity index is 2.11. The fourth-order valence-electron chi connectivity index (χ4n) is 2.94. The minimum absolute atomic E-state index is 0.198. The van der Waals surface area contributed by atoms with Crippen LogP contribution in [0.5, 0.6) is 0 Å². The first-order valence-corrected chi connectivity index (χ1v) is 10.5. The summed E-state index contributed by atoms with van der Waals surface area (Å²) in [6.45, 7) is 5.23. The normalized spacial score (nSPS) is 12.8. The molecule has 0 aromatic heterocycles. The highest BCUT2D eigenvalue weighted by molar-refractivity contribution is 7.88. The Morgan fingerprint density at radius 1 is 1.19 bits per heavy atom. The lowest BCUT2D eigenvalue weighted by Crippen LogP contribution is -2.40. The van der Waals surface area contributed by atoms with Crippen molar-refractivity contribution in [2.75, 3.05) is 12.8 Å². The maximum Gasteiger partial charge on any atom is 0.235 e. The van der Waals surface area contributed by atoms with E-state index in [-0.39, 0.29) is 24.7 Å². The summed E-state index contributed by atoms with van der Waals surface area (Å²) in [7, 11) is -3.68. The number of hydrogen-bond donors (Lipinski definition) is 1. The summed E-state index contributed by atoms with van der Waals surface area (Å²) in [6.07, 6.45) is 1.01. The van der Waals surface area contributed by atoms with Crippen LogP contribution in [0, 0.1) is 19.7 Å². The fraction of sp³-hybridized carbons (Fsp3) is 0.350. The van der Waals surface area contributed by atoms with Crippen LogP contribution >= 0.6 is 0 Å². The summed E-state index contributed by atoms with van der Waals surface area (Å²) < 4.78 is 38.9. The van der Waals surface area contributed by atoms with Gasteiger partial charge in [0.25, 0.3) is 0 Å². The van der Waals surface area contributed by atoms with Gasteiger partial charge in [0.1, 0.15) is 5.82 Å². The van der Waals surface area contributed by atoms with Crippen LogP contribution < -0.4 is 5.32 Å². The van der Waals surface area contributed by atoms with Crippen LogP contribution in [-0.2, 0) is 21.4 Å². The molecule has 146 valence electrons. The number of carbonyl (C=O) groups is 1. The monoisotopic (exact) mass is 392 g/mol. The number of aryl methyl sites for hydroxylation is 2. The van der Waals surface area contributed by atoms with Gasteiger partial charge in [0, 0.05) is 12.1 Å². The molecule has 0 aliphatic carbocycles. The van der Waals surface area contributed by atoms with Crippen molar-refractivity contribution in [2.45, 2.75) is 33.4 Å². The van der Waals surface area contributed by atoms with Gasteiger partial charge in [0.05, 0.1) is 18.8 Å². The van der Waals surface area contributed by atoms with E-state index in [2.05, 4.69) is 5.32 Å². The van der Waals surface area contributed by atoms with Gasteiger partial charge in [-0.3, -0.25) is 4.79 Å². The average Bonchev–Trinajstić information content (AvgIpc) is 2.55. The first-order chi connectivity index (χ1) is 12.6. The smallest absolute Gasteiger partial charge is 0.235 e. The molecule has 2 aromatic rings. The molecule has 1 atom stereocenters. The predicted molar refractivity (Wildman–Crippen MR) is 104 cm³/mol. The molecule has 0 saturated heterocycles. The summed E-state index contributed by atoms with van der Waals surface area (Å²) in [6, 6.07) is 11.6. The lowest BCUT2D eigenvalue weighted by Gasteiger charge is -2.22. The lowest BCUT2D eigenvalue weighted by molar-refractivity contribution is -0.122. The summed E-state index contributed by atoms with van der Waals surface area (Å²) in [4.78, 5) is 12.4. The molecule has 0 bridgehead atoms. The number of benzene rings is 2. The maximum atomic E-state index is 13.9. The van der Waals surface area contributed by atoms with Gasteiger partial charge in [-0.25, -0.2) is 12.8 Å². The second-order valence-electron chi connectivity index (χ2n) is 6.77. The van der Waals surface area contributed by atoms with Crippen LogP contribution in [-0.4, -0.2) is 31.4 Å². The molecular weight excluding hydrogens is 367 g/mol. The number of sulfonamides is 1. The van der Waals surface area contributed by atoms with Gasteiger partial charge in [-0.2, -0.15) is 4.31 Å². The second kappa shape index (κ2) is 8.63. The zero-order valence-electron chi connectivity index (χ0n) is 16.0. The Morgan fingerprint density at radius 3 is 2.44 bits per heavy atom. The number of rotatable bonds is 7. The zero-order valence-corrected chi connectivity index (χ0v) is 16.8. The molecule has 0 radical (unpaired) electrons. The van der Waals surface area contributed by atoms with E-state index in [1.54, 1.807) is 6.07 Å². The molecule has 2 rings (SSSR count). The van der Waals surface area contributed by atoms with Gasteiger partial charge in [0.2, 0.25) is 15.9 Å². The van der Waals surface area contributed by atoms with Gasteiger partial charge < -0.3 is 5.32 Å². The van der Waals surface area contributed by atoms with Gasteiger partial charge in [-0.15, -0.1) is 0 Å². The highest BCUT2D eigenvalue weighted by Crippen LogP contribution is 2.19. The molecule has 0 unspecified atom stereocenters. The van der Waals surface area contributed by atoms with Crippen molar-refractivity contribution < 1.29 is 17.6 Å². The van der Waals surface area contributed by atoms with Crippen LogP contribution in [0.4, 0.5) is 4.39 Å². The van der Waals surface area contributed by atoms with Crippen molar-refractivity contribution in [1.29, 1.82) is 0 Å². The van der Waals surface area contributed by atoms with E-state index in [1.807, 2.05) is 39.0 Å². The van der Waals surface area contributed by atoms with Gasteiger partial charge >= 0.3 is 0 Å². The molecule has 1 amide bonds. The van der Waals surface area contributed by atoms with Crippen molar-refractivity contribution in [3.8, 4) is 0 Å². The molecule has 0 spiro atoms. The van der Waals surface area contributed by atoms with Crippen molar-refractivity contribution in [2.24, 2.45) is 0 Å². The average molecular weight is 392 g/mol. The van der Waals surface area contributed by atoms with E-state index < -0.39 is 21.7 Å². The molecule has 0 aliphatic rings. The first-order valence-electron chi connectivity index (χ1n) is 8.63. The molecule has 5 nitrogen and oxygen atoms in total. The summed E-state index contributed by atoms with van der Waals surface area (Å²) in [5.74, 6) is -0.945. The Kier molecular flexibility index (Phi) is 6.73. The molecule has 7 heteroatoms. The number of amides is 1. The van der Waals surface area contributed by atoms with Crippen LogP contribution in [0.3, 0.4) is 0 Å². The third-order valence-corrected chi connectivity index (χ3v) is 5.56. The van der Waals surface area contributed by atoms with Crippen LogP contribution in [0.1, 0.15) is 35.2 Å². The Labute approximate surface area is 160 Å². The molecule has 0 fully saturated rings. The van der Waals surface area contributed by atoms with E-state index >= 15 is 0 Å². The summed E-state index contributed by atoms with van der Waals surface area (Å²) in [5.41, 5.74) is 3.36. The Hall–Kier alpha value is -2.25. The minimum atomic E-state index is -3.68. The van der Waals surface area contributed by atoms with Crippen LogP contribution in [0.15, 0.2) is 42.5 Å². The van der Waals surface area contributed by atoms with E-state index in [4.69, 9.17) is 0 Å². The standard InChI is InChI=1S/C20H25FN2O3S/c1-14-9-10-18(15(2)11-14)16(3)22-20(24)13-23(27(4,25)26)12-17-7-5-6-8-19(17)21/h5-11,16H,12-13H2,1-4H3,(H,22,24)/t16-/m1/s1. The summed E-state index contributed by atoms with van der Waals surface area (Å²) in [5, 5.41) is 2.82. The minimum Gasteiger partial charge on any atom is -0.348 e. The van der Waals surface area contributed by atoms with E-state index in [0.717, 1.165) is 27.3 Å². The van der Waals surface area contributed by atoms with Crippen LogP contribution in [0.2, 0.25) is 0 Å². The highest BCUT2D eigenvalue weighted by atomic mass is 32.2. The number of hydrogen-bond acceptors (Lipinski definition) is 3. The van der Waals surface area contributed by atoms with Gasteiger partial charge in [-0.05, 0) is 38.0 Å². The van der Waals surface area contributed by atoms with Crippen molar-refractivity contribution in [3.05, 3.63) is 70.5 Å². The van der Waals surface area contributed by atoms with Gasteiger partial charge in [0.15, 0.2) is 0 Å². The molecule has 27 heavy (non-hydrogen) atoms. The van der Waals surface area contributed by atoms with Crippen molar-refractivity contribution in [1.82, 2.24) is 9.62 Å². The number of halogens is 1. The molecular formula is C20H25FN2O3S. The second-order valence-corrected chi connectivity index (χ2v) is 8.75. The number of nitrogens with one attached hydrogen (secondary N) is 1. The molecule has 0 aliphatic heterocycles. The zero-order chi connectivity index (χ0) is 20.2. The van der Waals surface area contributed by atoms with Crippen molar-refractivity contribution in [3.63, 3.8) is 0 Å². The SMILES string of the molecule is Cc1ccc([C@@H](C)NC(=O)CN(Cc2ccccc2F)S(C)(=O)=O)c(C)c1. The van der Waals surface area contributed by atoms with Gasteiger partial charge in [-0.1, -0.05) is 42.0 Å². The highest BCUT2D eigenvalue weighted by Gasteiger charge is 2.23.